The largest absolute Gasteiger partial charge is 0.376 e. The number of aliphatic imine (C=N–C) groups is 2. The van der Waals surface area contributed by atoms with Gasteiger partial charge in [-0.1, -0.05) is 60.2 Å². The van der Waals surface area contributed by atoms with Crippen LogP contribution in [0, 0.1) is 0 Å². The molecule has 0 aromatic carbocycles. The average molecular weight is 754 g/mol. The maximum absolute atomic E-state index is 8.06. The average Bonchev–Trinajstić information content (AvgIpc) is 3.98. The molecule has 0 saturated heterocycles. The molecule has 272 valence electrons. The van der Waals surface area contributed by atoms with Crippen LogP contribution in [0.25, 0.3) is 11.1 Å². The van der Waals surface area contributed by atoms with E-state index < -0.39 is 9.87 Å². The van der Waals surface area contributed by atoms with Crippen molar-refractivity contribution in [2.24, 2.45) is 9.98 Å². The molecule has 2 aromatic rings. The normalized spacial score (nSPS) is 26.1. The van der Waals surface area contributed by atoms with Gasteiger partial charge in [0.25, 0.3) is 0 Å². The molecule has 2 aromatic heterocycles. The van der Waals surface area contributed by atoms with Crippen molar-refractivity contribution >= 4 is 45.8 Å². The van der Waals surface area contributed by atoms with Crippen LogP contribution < -0.4 is 10.7 Å². The molecule has 2 N–H and O–H groups in total. The molecule has 0 spiro atoms. The Kier molecular flexibility index (Phi) is 8.36. The zero-order chi connectivity index (χ0) is 37.2. The van der Waals surface area contributed by atoms with Gasteiger partial charge in [-0.05, 0) is 54.1 Å². The lowest BCUT2D eigenvalue weighted by atomic mass is 9.86. The number of allylic oxidation sites excluding steroid dienone is 11. The van der Waals surface area contributed by atoms with Crippen LogP contribution in [0.2, 0.25) is 0 Å². The summed E-state index contributed by atoms with van der Waals surface area (Å²) in [5.41, 5.74) is 10.9. The third kappa shape index (κ3) is 5.76. The van der Waals surface area contributed by atoms with E-state index in [0.717, 1.165) is 98.7 Å². The second-order valence-corrected chi connectivity index (χ2v) is 15.9. The second-order valence-electron chi connectivity index (χ2n) is 14.8. The number of H-pyrrole nitrogens is 2. The number of halogens is 2. The number of fused-ring (bicyclic) bond motifs is 6. The van der Waals surface area contributed by atoms with Gasteiger partial charge < -0.3 is 29.6 Å². The van der Waals surface area contributed by atoms with Crippen molar-refractivity contribution in [1.29, 1.82) is 0 Å². The number of rotatable bonds is 4. The fraction of sp³-hybridized carbons (Fsp3) is 0.227. The Morgan fingerprint density at radius 3 is 1.78 bits per heavy atom. The van der Waals surface area contributed by atoms with Crippen LogP contribution in [0.15, 0.2) is 166 Å². The predicted octanol–water partition coefficient (Wildman–Crippen LogP) is 5.89. The molecule has 0 radical (unpaired) electrons. The molecular weight excluding hydrogens is 711 g/mol. The van der Waals surface area contributed by atoms with E-state index in [0.29, 0.717) is 5.71 Å². The van der Waals surface area contributed by atoms with Crippen molar-refractivity contribution in [3.05, 3.63) is 178 Å². The number of nitrogens with one attached hydrogen (secondary N) is 2. The van der Waals surface area contributed by atoms with Gasteiger partial charge in [-0.15, -0.1) is 11.6 Å². The van der Waals surface area contributed by atoms with Gasteiger partial charge in [-0.25, -0.2) is 4.99 Å². The number of aromatic amines is 2. The molecule has 0 saturated carbocycles. The number of hydrogen-bond acceptors (Lipinski definition) is 6. The first kappa shape index (κ1) is 34.3. The topological polar surface area (TPSA) is 69.3 Å². The summed E-state index contributed by atoms with van der Waals surface area (Å²) < 4.78 is 0. The lowest BCUT2D eigenvalue weighted by Crippen LogP contribution is -2.42. The first-order valence-corrected chi connectivity index (χ1v) is 19.0. The summed E-state index contributed by atoms with van der Waals surface area (Å²) >= 11 is 15.9. The van der Waals surface area contributed by atoms with Gasteiger partial charge in [-0.3, -0.25) is 4.99 Å². The third-order valence-electron chi connectivity index (χ3n) is 10.7. The van der Waals surface area contributed by atoms with Crippen LogP contribution in [-0.4, -0.2) is 100 Å². The van der Waals surface area contributed by atoms with E-state index >= 15 is 0 Å². The molecule has 8 bridgehead atoms. The highest BCUT2D eigenvalue weighted by molar-refractivity contribution is 6.39. The Bertz CT molecular complexity index is 2500. The Morgan fingerprint density at radius 2 is 1.15 bits per heavy atom. The zero-order valence-corrected chi connectivity index (χ0v) is 32.3. The monoisotopic (exact) mass is 752 g/mol. The molecule has 9 rings (SSSR count). The Labute approximate surface area is 325 Å². The highest BCUT2D eigenvalue weighted by atomic mass is 35.5. The maximum atomic E-state index is 8.06. The molecule has 2 atom stereocenters. The van der Waals surface area contributed by atoms with Crippen LogP contribution in [0.3, 0.4) is 0 Å². The summed E-state index contributed by atoms with van der Waals surface area (Å²) in [7, 11) is 8.30. The number of aromatic nitrogens is 2. The van der Waals surface area contributed by atoms with Crippen LogP contribution in [0.1, 0.15) is 11.4 Å². The van der Waals surface area contributed by atoms with Crippen LogP contribution >= 0.6 is 23.2 Å². The highest BCUT2D eigenvalue weighted by Crippen LogP contribution is 2.54. The number of likely N-dealkylation sites (N-methyl/N-ethyl adjacent to an activating group) is 4. The van der Waals surface area contributed by atoms with Crippen molar-refractivity contribution in [2.75, 3.05) is 54.4 Å². The highest BCUT2D eigenvalue weighted by Gasteiger charge is 2.54. The second kappa shape index (κ2) is 13.1. The number of nitrogens with zero attached hydrogens (tertiary/aromatic N) is 6. The molecule has 8 nitrogen and oxygen atoms in total. The van der Waals surface area contributed by atoms with E-state index in [9.17, 15) is 0 Å². The van der Waals surface area contributed by atoms with E-state index in [1.165, 1.54) is 0 Å². The summed E-state index contributed by atoms with van der Waals surface area (Å²) in [4.78, 5) is 24.3. The summed E-state index contributed by atoms with van der Waals surface area (Å²) in [5, 5.41) is 1.93. The zero-order valence-electron chi connectivity index (χ0n) is 30.8. The maximum Gasteiger partial charge on any atom is 0.181 e. The fourth-order valence-corrected chi connectivity index (χ4v) is 8.77. The molecule has 10 heteroatoms. The Morgan fingerprint density at radius 1 is 0.574 bits per heavy atom. The molecule has 2 unspecified atom stereocenters. The van der Waals surface area contributed by atoms with Gasteiger partial charge in [0.1, 0.15) is 0 Å². The SMILES string of the molecule is CN1C=C(C2=C3C=CC(=N3)C(C3=CN(C)CC=C3)=c3ccc([nH]3)=C(C3=CN(C)CC=C3)c3ccc([nH]3)C(Cl)(C3=CN(C)CC=C3)C3(Cl)C=CC2=N3)C=CC1. The molecule has 0 aliphatic carbocycles. The van der Waals surface area contributed by atoms with E-state index in [1.807, 2.05) is 19.2 Å². The minimum atomic E-state index is -1.40. The Hall–Kier alpha value is -5.44. The van der Waals surface area contributed by atoms with Gasteiger partial charge in [0.05, 0.1) is 17.1 Å². The van der Waals surface area contributed by atoms with Crippen LogP contribution in [0.4, 0.5) is 0 Å². The first-order valence-electron chi connectivity index (χ1n) is 18.3. The van der Waals surface area contributed by atoms with Crippen LogP contribution in [-0.2, 0) is 4.87 Å². The van der Waals surface area contributed by atoms with Crippen molar-refractivity contribution in [3.63, 3.8) is 0 Å². The van der Waals surface area contributed by atoms with E-state index in [-0.39, 0.29) is 0 Å². The molecular formula is C44H42Cl2N8. The lowest BCUT2D eigenvalue weighted by molar-refractivity contribution is 0.476. The molecule has 0 fully saturated rings. The first-order chi connectivity index (χ1) is 26.1. The molecule has 9 heterocycles. The van der Waals surface area contributed by atoms with Crippen molar-refractivity contribution in [2.45, 2.75) is 9.87 Å². The summed E-state index contributed by atoms with van der Waals surface area (Å²) in [6.45, 7) is 3.26. The lowest BCUT2D eigenvalue weighted by Gasteiger charge is -2.39. The van der Waals surface area contributed by atoms with Crippen molar-refractivity contribution < 1.29 is 0 Å². The summed E-state index contributed by atoms with van der Waals surface area (Å²) in [5.74, 6) is 0. The van der Waals surface area contributed by atoms with Gasteiger partial charge in [-0.2, -0.15) is 0 Å². The molecule has 7 aliphatic heterocycles. The minimum absolute atomic E-state index is 0.714. The van der Waals surface area contributed by atoms with Gasteiger partial charge >= 0.3 is 0 Å². The van der Waals surface area contributed by atoms with E-state index in [4.69, 9.17) is 33.2 Å². The van der Waals surface area contributed by atoms with Crippen molar-refractivity contribution in [3.8, 4) is 0 Å². The van der Waals surface area contributed by atoms with Crippen molar-refractivity contribution in [1.82, 2.24) is 29.6 Å². The molecule has 54 heavy (non-hydrogen) atoms. The Balaban J connectivity index is 1.40. The van der Waals surface area contributed by atoms with Gasteiger partial charge in [0.15, 0.2) is 9.87 Å². The predicted molar refractivity (Wildman–Crippen MR) is 222 cm³/mol. The minimum Gasteiger partial charge on any atom is -0.376 e. The molecule has 7 aliphatic rings. The number of alkyl halides is 2. The smallest absolute Gasteiger partial charge is 0.181 e. The van der Waals surface area contributed by atoms with Gasteiger partial charge in [0.2, 0.25) is 0 Å². The van der Waals surface area contributed by atoms with E-state index in [1.54, 1.807) is 0 Å². The van der Waals surface area contributed by atoms with Gasteiger partial charge in [0, 0.05) is 135 Å². The standard InChI is InChI=1S/C44H42Cl2N8/c1-51-21-5-9-29(25-51)40-33-13-14-35(47-33)41(30-10-6-22-52(2)26-30)37-17-18-39(49-37)44(46,32-12-8-24-54(4)28-32)43(45)20-19-38(50-43)42(36-16-15-34(40)48-36)31-11-7-23-53(3)27-31/h5-20,25-28,47,49H,21-24H2,1-4H3. The van der Waals surface area contributed by atoms with E-state index in [2.05, 4.69) is 161 Å². The molecule has 0 amide bonds. The van der Waals surface area contributed by atoms with Crippen LogP contribution in [0.5, 0.6) is 0 Å². The fourth-order valence-electron chi connectivity index (χ4n) is 8.07. The third-order valence-corrected chi connectivity index (χ3v) is 12.0. The summed E-state index contributed by atoms with van der Waals surface area (Å²) in [6, 6.07) is 8.48. The summed E-state index contributed by atoms with van der Waals surface area (Å²) in [6.07, 6.45) is 34.0. The quantitative estimate of drug-likeness (QED) is 0.302. The number of hydrogen-bond donors (Lipinski definition) is 2.